The summed E-state index contributed by atoms with van der Waals surface area (Å²) in [4.78, 5) is 10.8. The molecule has 1 aliphatic heterocycles. The summed E-state index contributed by atoms with van der Waals surface area (Å²) in [5.74, 6) is 0.0258. The van der Waals surface area contributed by atoms with E-state index in [1.807, 2.05) is 18.2 Å². The van der Waals surface area contributed by atoms with E-state index in [9.17, 15) is 4.79 Å². The van der Waals surface area contributed by atoms with Crippen molar-refractivity contribution in [1.29, 1.82) is 0 Å². The molecule has 0 fully saturated rings. The first kappa shape index (κ1) is 16.3. The normalized spacial score (nSPS) is 16.0. The Morgan fingerprint density at radius 2 is 2.00 bits per heavy atom. The molecule has 0 aliphatic carbocycles. The Morgan fingerprint density at radius 3 is 2.75 bits per heavy atom. The molecule has 1 aliphatic rings. The van der Waals surface area contributed by atoms with Crippen molar-refractivity contribution in [3.8, 4) is 5.75 Å². The fourth-order valence-electron chi connectivity index (χ4n) is 2.72. The first-order chi connectivity index (χ1) is 11.6. The number of hydrogen-bond donors (Lipinski definition) is 3. The second kappa shape index (κ2) is 7.36. The fraction of sp³-hybridized carbons (Fsp3) is 0.316. The SMILES string of the molecule is CC1CNc2cc(CCNCc3ccc(C(=O)O)cc3)ccc2O1. The van der Waals surface area contributed by atoms with Crippen LogP contribution in [0.1, 0.15) is 28.4 Å². The van der Waals surface area contributed by atoms with Gasteiger partial charge in [-0.05, 0) is 55.3 Å². The van der Waals surface area contributed by atoms with Crippen LogP contribution >= 0.6 is 0 Å². The monoisotopic (exact) mass is 326 g/mol. The number of hydrogen-bond acceptors (Lipinski definition) is 4. The molecule has 2 aromatic carbocycles. The second-order valence-electron chi connectivity index (χ2n) is 6.07. The van der Waals surface area contributed by atoms with Gasteiger partial charge in [0, 0.05) is 6.54 Å². The number of ether oxygens (including phenoxy) is 1. The van der Waals surface area contributed by atoms with Crippen molar-refractivity contribution < 1.29 is 14.6 Å². The standard InChI is InChI=1S/C19H22N2O3/c1-13-11-21-17-10-14(4-7-18(17)24-13)8-9-20-12-15-2-5-16(6-3-15)19(22)23/h2-7,10,13,20-21H,8-9,11-12H2,1H3,(H,22,23). The molecule has 0 spiro atoms. The van der Waals surface area contributed by atoms with E-state index < -0.39 is 5.97 Å². The van der Waals surface area contributed by atoms with Crippen molar-refractivity contribution in [2.45, 2.75) is 26.0 Å². The van der Waals surface area contributed by atoms with Crippen molar-refractivity contribution >= 4 is 11.7 Å². The van der Waals surface area contributed by atoms with E-state index in [1.54, 1.807) is 12.1 Å². The van der Waals surface area contributed by atoms with Crippen LogP contribution in [0.25, 0.3) is 0 Å². The maximum atomic E-state index is 10.8. The fourth-order valence-corrected chi connectivity index (χ4v) is 2.72. The molecule has 1 atom stereocenters. The van der Waals surface area contributed by atoms with Crippen LogP contribution in [-0.2, 0) is 13.0 Å². The Labute approximate surface area is 141 Å². The van der Waals surface area contributed by atoms with Crippen LogP contribution in [0.3, 0.4) is 0 Å². The largest absolute Gasteiger partial charge is 0.487 e. The number of fused-ring (bicyclic) bond motifs is 1. The second-order valence-corrected chi connectivity index (χ2v) is 6.07. The number of anilines is 1. The van der Waals surface area contributed by atoms with Crippen LogP contribution in [-0.4, -0.2) is 30.3 Å². The van der Waals surface area contributed by atoms with Gasteiger partial charge in [-0.2, -0.15) is 0 Å². The Hall–Kier alpha value is -2.53. The van der Waals surface area contributed by atoms with Crippen LogP contribution in [0.15, 0.2) is 42.5 Å². The van der Waals surface area contributed by atoms with Gasteiger partial charge < -0.3 is 20.5 Å². The van der Waals surface area contributed by atoms with Gasteiger partial charge in [0.2, 0.25) is 0 Å². The zero-order chi connectivity index (χ0) is 16.9. The quantitative estimate of drug-likeness (QED) is 0.712. The minimum absolute atomic E-state index is 0.206. The van der Waals surface area contributed by atoms with Gasteiger partial charge in [0.15, 0.2) is 0 Å². The zero-order valence-electron chi connectivity index (χ0n) is 13.7. The summed E-state index contributed by atoms with van der Waals surface area (Å²) in [5.41, 5.74) is 3.72. The highest BCUT2D eigenvalue weighted by atomic mass is 16.5. The molecule has 1 unspecified atom stereocenters. The summed E-state index contributed by atoms with van der Waals surface area (Å²) < 4.78 is 5.78. The predicted molar refractivity (Wildman–Crippen MR) is 93.8 cm³/mol. The van der Waals surface area contributed by atoms with Crippen LogP contribution in [0, 0.1) is 0 Å². The van der Waals surface area contributed by atoms with Gasteiger partial charge in [0.25, 0.3) is 0 Å². The molecule has 0 saturated carbocycles. The molecule has 0 amide bonds. The zero-order valence-corrected chi connectivity index (χ0v) is 13.7. The summed E-state index contributed by atoms with van der Waals surface area (Å²) in [6.07, 6.45) is 1.13. The molecule has 0 bridgehead atoms. The maximum absolute atomic E-state index is 10.8. The average molecular weight is 326 g/mol. The molecule has 3 N–H and O–H groups in total. The molecule has 5 nitrogen and oxygen atoms in total. The third-order valence-corrected chi connectivity index (χ3v) is 4.07. The van der Waals surface area contributed by atoms with E-state index >= 15 is 0 Å². The van der Waals surface area contributed by atoms with Crippen molar-refractivity contribution in [2.75, 3.05) is 18.4 Å². The average Bonchev–Trinajstić information content (AvgIpc) is 2.59. The van der Waals surface area contributed by atoms with E-state index in [-0.39, 0.29) is 6.10 Å². The third-order valence-electron chi connectivity index (χ3n) is 4.07. The van der Waals surface area contributed by atoms with Gasteiger partial charge in [-0.3, -0.25) is 0 Å². The van der Waals surface area contributed by atoms with Crippen LogP contribution in [0.2, 0.25) is 0 Å². The molecule has 5 heteroatoms. The lowest BCUT2D eigenvalue weighted by molar-refractivity contribution is 0.0697. The van der Waals surface area contributed by atoms with Gasteiger partial charge in [0.05, 0.1) is 17.8 Å². The number of benzene rings is 2. The Bertz CT molecular complexity index is 713. The van der Waals surface area contributed by atoms with Gasteiger partial charge in [-0.25, -0.2) is 4.79 Å². The summed E-state index contributed by atoms with van der Waals surface area (Å²) in [7, 11) is 0. The molecular formula is C19H22N2O3. The molecule has 0 saturated heterocycles. The summed E-state index contributed by atoms with van der Waals surface area (Å²) in [6.45, 7) is 4.47. The van der Waals surface area contributed by atoms with Gasteiger partial charge in [-0.15, -0.1) is 0 Å². The minimum Gasteiger partial charge on any atom is -0.487 e. The lowest BCUT2D eigenvalue weighted by Gasteiger charge is -2.25. The van der Waals surface area contributed by atoms with E-state index in [2.05, 4.69) is 29.7 Å². The lowest BCUT2D eigenvalue weighted by atomic mass is 10.1. The topological polar surface area (TPSA) is 70.6 Å². The first-order valence-corrected chi connectivity index (χ1v) is 8.18. The number of rotatable bonds is 6. The Kier molecular flexibility index (Phi) is 5.01. The van der Waals surface area contributed by atoms with Crippen LogP contribution in [0.4, 0.5) is 5.69 Å². The Balaban J connectivity index is 1.47. The lowest BCUT2D eigenvalue weighted by Crippen LogP contribution is -2.27. The first-order valence-electron chi connectivity index (χ1n) is 8.18. The van der Waals surface area contributed by atoms with Gasteiger partial charge in [-0.1, -0.05) is 18.2 Å². The molecule has 3 rings (SSSR count). The van der Waals surface area contributed by atoms with E-state index in [1.165, 1.54) is 5.56 Å². The smallest absolute Gasteiger partial charge is 0.335 e. The molecule has 24 heavy (non-hydrogen) atoms. The molecule has 126 valence electrons. The summed E-state index contributed by atoms with van der Waals surface area (Å²) >= 11 is 0. The summed E-state index contributed by atoms with van der Waals surface area (Å²) in [5, 5.41) is 15.7. The number of aromatic carboxylic acids is 1. The van der Waals surface area contributed by atoms with E-state index in [4.69, 9.17) is 9.84 Å². The predicted octanol–water partition coefficient (Wildman–Crippen LogP) is 2.91. The molecule has 1 heterocycles. The van der Waals surface area contributed by atoms with Crippen LogP contribution in [0.5, 0.6) is 5.75 Å². The number of carbonyl (C=O) groups is 1. The summed E-state index contributed by atoms with van der Waals surface area (Å²) in [6, 6.07) is 13.2. The van der Waals surface area contributed by atoms with E-state index in [0.717, 1.165) is 43.1 Å². The number of nitrogens with one attached hydrogen (secondary N) is 2. The molecule has 0 radical (unpaired) electrons. The Morgan fingerprint density at radius 1 is 1.25 bits per heavy atom. The molecular weight excluding hydrogens is 304 g/mol. The molecule has 0 aromatic heterocycles. The minimum atomic E-state index is -0.895. The maximum Gasteiger partial charge on any atom is 0.335 e. The highest BCUT2D eigenvalue weighted by molar-refractivity contribution is 5.87. The highest BCUT2D eigenvalue weighted by Gasteiger charge is 2.15. The molecule has 2 aromatic rings. The van der Waals surface area contributed by atoms with Crippen molar-refractivity contribution in [1.82, 2.24) is 5.32 Å². The van der Waals surface area contributed by atoms with Crippen LogP contribution < -0.4 is 15.4 Å². The van der Waals surface area contributed by atoms with Gasteiger partial charge in [0.1, 0.15) is 11.9 Å². The number of carboxylic acid groups (broad SMARTS) is 1. The highest BCUT2D eigenvalue weighted by Crippen LogP contribution is 2.29. The van der Waals surface area contributed by atoms with Crippen molar-refractivity contribution in [3.63, 3.8) is 0 Å². The van der Waals surface area contributed by atoms with E-state index in [0.29, 0.717) is 5.56 Å². The number of carboxylic acids is 1. The van der Waals surface area contributed by atoms with Crippen molar-refractivity contribution in [2.24, 2.45) is 0 Å². The van der Waals surface area contributed by atoms with Gasteiger partial charge >= 0.3 is 5.97 Å². The third kappa shape index (κ3) is 4.06. The van der Waals surface area contributed by atoms with Crippen molar-refractivity contribution in [3.05, 3.63) is 59.2 Å².